The molecule has 0 atom stereocenters. The average Bonchev–Trinajstić information content (AvgIpc) is 2.87. The Morgan fingerprint density at radius 2 is 2.00 bits per heavy atom. The van der Waals surface area contributed by atoms with E-state index in [1.54, 1.807) is 22.9 Å². The number of nitrogen functional groups attached to an aromatic ring is 1. The van der Waals surface area contributed by atoms with Gasteiger partial charge in [0, 0.05) is 20.7 Å². The van der Waals surface area contributed by atoms with Crippen molar-refractivity contribution in [2.45, 2.75) is 0 Å². The summed E-state index contributed by atoms with van der Waals surface area (Å²) in [5.41, 5.74) is 8.09. The lowest BCUT2D eigenvalue weighted by Crippen LogP contribution is -2.01. The molecule has 20 heavy (non-hydrogen) atoms. The molecule has 0 fully saturated rings. The van der Waals surface area contributed by atoms with E-state index in [0.717, 1.165) is 15.7 Å². The topological polar surface area (TPSA) is 69.6 Å². The van der Waals surface area contributed by atoms with Gasteiger partial charge in [0.2, 0.25) is 0 Å². The Kier molecular flexibility index (Phi) is 3.42. The first-order chi connectivity index (χ1) is 9.65. The summed E-state index contributed by atoms with van der Waals surface area (Å²) in [6, 6.07) is 12.9. The van der Waals surface area contributed by atoms with Crippen LogP contribution < -0.4 is 5.73 Å². The average molecular weight is 351 g/mol. The van der Waals surface area contributed by atoms with Crippen LogP contribution in [0.25, 0.3) is 17.1 Å². The molecule has 3 rings (SSSR count). The molecule has 5 nitrogen and oxygen atoms in total. The first kappa shape index (κ1) is 13.1. The highest BCUT2D eigenvalue weighted by Crippen LogP contribution is 2.28. The van der Waals surface area contributed by atoms with Crippen LogP contribution in [0.1, 0.15) is 0 Å². The maximum absolute atomic E-state index is 5.99. The molecule has 7 heteroatoms. The van der Waals surface area contributed by atoms with Crippen LogP contribution in [-0.4, -0.2) is 20.2 Å². The standard InChI is InChI=1S/C13H9BrClN5/c14-8-2-1-3-10(6-8)20-13(17-18-19-20)11-5-4-9(15)7-12(11)16/h1-7H,16H2. The zero-order valence-corrected chi connectivity index (χ0v) is 12.5. The molecule has 1 aromatic heterocycles. The van der Waals surface area contributed by atoms with Crippen molar-refractivity contribution in [1.29, 1.82) is 0 Å². The first-order valence-corrected chi connectivity index (χ1v) is 6.92. The molecule has 100 valence electrons. The number of rotatable bonds is 2. The van der Waals surface area contributed by atoms with Crippen LogP contribution in [0.2, 0.25) is 5.02 Å². The van der Waals surface area contributed by atoms with Crippen molar-refractivity contribution in [2.24, 2.45) is 0 Å². The number of benzene rings is 2. The maximum Gasteiger partial charge on any atom is 0.189 e. The molecular formula is C13H9BrClN5. The fourth-order valence-corrected chi connectivity index (χ4v) is 2.44. The van der Waals surface area contributed by atoms with Crippen LogP contribution in [-0.2, 0) is 0 Å². The predicted octanol–water partition coefficient (Wildman–Crippen LogP) is 3.33. The van der Waals surface area contributed by atoms with Gasteiger partial charge in [0.25, 0.3) is 0 Å². The molecule has 0 amide bonds. The molecule has 0 aliphatic heterocycles. The summed E-state index contributed by atoms with van der Waals surface area (Å²) >= 11 is 9.34. The number of aromatic nitrogens is 4. The van der Waals surface area contributed by atoms with Gasteiger partial charge in [-0.3, -0.25) is 0 Å². The van der Waals surface area contributed by atoms with Gasteiger partial charge in [-0.2, -0.15) is 4.68 Å². The van der Waals surface area contributed by atoms with Gasteiger partial charge in [0.15, 0.2) is 5.82 Å². The van der Waals surface area contributed by atoms with Gasteiger partial charge in [-0.15, -0.1) is 5.10 Å². The van der Waals surface area contributed by atoms with Crippen LogP contribution in [0.3, 0.4) is 0 Å². The second-order valence-electron chi connectivity index (χ2n) is 4.13. The molecule has 0 spiro atoms. The van der Waals surface area contributed by atoms with Gasteiger partial charge in [-0.1, -0.05) is 33.6 Å². The molecule has 2 aromatic carbocycles. The highest BCUT2D eigenvalue weighted by Gasteiger charge is 2.13. The molecule has 0 saturated heterocycles. The largest absolute Gasteiger partial charge is 0.398 e. The highest BCUT2D eigenvalue weighted by atomic mass is 79.9. The minimum absolute atomic E-state index is 0.531. The van der Waals surface area contributed by atoms with Crippen molar-refractivity contribution in [2.75, 3.05) is 5.73 Å². The molecule has 2 N–H and O–H groups in total. The van der Waals surface area contributed by atoms with E-state index in [2.05, 4.69) is 31.5 Å². The number of nitrogens with two attached hydrogens (primary N) is 1. The van der Waals surface area contributed by atoms with E-state index in [1.807, 2.05) is 24.3 Å². The Balaban J connectivity index is 2.15. The van der Waals surface area contributed by atoms with E-state index in [-0.39, 0.29) is 0 Å². The molecule has 0 bridgehead atoms. The van der Waals surface area contributed by atoms with E-state index >= 15 is 0 Å². The number of nitrogens with zero attached hydrogens (tertiary/aromatic N) is 4. The van der Waals surface area contributed by atoms with E-state index in [9.17, 15) is 0 Å². The first-order valence-electron chi connectivity index (χ1n) is 5.75. The molecule has 3 aromatic rings. The van der Waals surface area contributed by atoms with Gasteiger partial charge in [-0.25, -0.2) is 0 Å². The summed E-state index contributed by atoms with van der Waals surface area (Å²) in [5, 5.41) is 12.4. The van der Waals surface area contributed by atoms with E-state index < -0.39 is 0 Å². The normalized spacial score (nSPS) is 10.7. The lowest BCUT2D eigenvalue weighted by molar-refractivity contribution is 0.791. The summed E-state index contributed by atoms with van der Waals surface area (Å²) in [7, 11) is 0. The van der Waals surface area contributed by atoms with Crippen molar-refractivity contribution < 1.29 is 0 Å². The molecule has 0 aliphatic rings. The predicted molar refractivity (Wildman–Crippen MR) is 81.7 cm³/mol. The molecule has 0 aliphatic carbocycles. The van der Waals surface area contributed by atoms with Crippen molar-refractivity contribution in [3.63, 3.8) is 0 Å². The summed E-state index contributed by atoms with van der Waals surface area (Å²) < 4.78 is 2.57. The monoisotopic (exact) mass is 349 g/mol. The fraction of sp³-hybridized carbons (Fsp3) is 0. The van der Waals surface area contributed by atoms with Crippen molar-refractivity contribution in [3.8, 4) is 17.1 Å². The van der Waals surface area contributed by atoms with Crippen LogP contribution >= 0.6 is 27.5 Å². The lowest BCUT2D eigenvalue weighted by atomic mass is 10.1. The number of hydrogen-bond acceptors (Lipinski definition) is 4. The van der Waals surface area contributed by atoms with Crippen molar-refractivity contribution in [3.05, 3.63) is 52.0 Å². The number of anilines is 1. The maximum atomic E-state index is 5.99. The van der Waals surface area contributed by atoms with Crippen LogP contribution in [0.4, 0.5) is 5.69 Å². The Labute approximate surface area is 128 Å². The van der Waals surface area contributed by atoms with E-state index in [0.29, 0.717) is 16.5 Å². The smallest absolute Gasteiger partial charge is 0.189 e. The fourth-order valence-electron chi connectivity index (χ4n) is 1.87. The molecule has 0 unspecified atom stereocenters. The van der Waals surface area contributed by atoms with Crippen molar-refractivity contribution >= 4 is 33.2 Å². The molecule has 1 heterocycles. The van der Waals surface area contributed by atoms with Gasteiger partial charge >= 0.3 is 0 Å². The summed E-state index contributed by atoms with van der Waals surface area (Å²) in [6.45, 7) is 0. The number of hydrogen-bond donors (Lipinski definition) is 1. The zero-order chi connectivity index (χ0) is 14.1. The zero-order valence-electron chi connectivity index (χ0n) is 10.2. The summed E-state index contributed by atoms with van der Waals surface area (Å²) in [6.07, 6.45) is 0. The van der Waals surface area contributed by atoms with Crippen LogP contribution in [0.15, 0.2) is 46.9 Å². The van der Waals surface area contributed by atoms with Gasteiger partial charge < -0.3 is 5.73 Å². The van der Waals surface area contributed by atoms with Gasteiger partial charge in [0.1, 0.15) is 0 Å². The SMILES string of the molecule is Nc1cc(Cl)ccc1-c1nnnn1-c1cccc(Br)c1. The second-order valence-corrected chi connectivity index (χ2v) is 5.48. The molecule has 0 radical (unpaired) electrons. The van der Waals surface area contributed by atoms with E-state index in [4.69, 9.17) is 17.3 Å². The Morgan fingerprint density at radius 1 is 1.15 bits per heavy atom. The highest BCUT2D eigenvalue weighted by molar-refractivity contribution is 9.10. The lowest BCUT2D eigenvalue weighted by Gasteiger charge is -2.07. The Hall–Kier alpha value is -1.92. The van der Waals surface area contributed by atoms with Gasteiger partial charge in [0.05, 0.1) is 5.69 Å². The molecular weight excluding hydrogens is 342 g/mol. The molecule has 0 saturated carbocycles. The van der Waals surface area contributed by atoms with Gasteiger partial charge in [-0.05, 0) is 46.8 Å². The minimum atomic E-state index is 0.531. The van der Waals surface area contributed by atoms with E-state index in [1.165, 1.54) is 0 Å². The third-order valence-corrected chi connectivity index (χ3v) is 3.51. The summed E-state index contributed by atoms with van der Waals surface area (Å²) in [5.74, 6) is 0.567. The van der Waals surface area contributed by atoms with Crippen molar-refractivity contribution in [1.82, 2.24) is 20.2 Å². The van der Waals surface area contributed by atoms with Crippen LogP contribution in [0.5, 0.6) is 0 Å². The number of tetrazole rings is 1. The quantitative estimate of drug-likeness (QED) is 0.720. The second kappa shape index (κ2) is 5.22. The minimum Gasteiger partial charge on any atom is -0.398 e. The number of halogens is 2. The third kappa shape index (κ3) is 2.39. The third-order valence-electron chi connectivity index (χ3n) is 2.78. The van der Waals surface area contributed by atoms with Crippen LogP contribution in [0, 0.1) is 0 Å². The summed E-state index contributed by atoms with van der Waals surface area (Å²) in [4.78, 5) is 0. The Bertz CT molecular complexity index is 771. The Morgan fingerprint density at radius 3 is 2.75 bits per heavy atom.